The van der Waals surface area contributed by atoms with Gasteiger partial charge in [0.25, 0.3) is 5.91 Å². The number of para-hydroxylation sites is 1. The first-order valence-electron chi connectivity index (χ1n) is 10.7. The fourth-order valence-corrected chi connectivity index (χ4v) is 3.78. The van der Waals surface area contributed by atoms with Crippen LogP contribution in [-0.4, -0.2) is 32.0 Å². The van der Waals surface area contributed by atoms with Gasteiger partial charge in [-0.05, 0) is 48.7 Å². The minimum atomic E-state index is -0.207. The highest BCUT2D eigenvalue weighted by Crippen LogP contribution is 2.27. The van der Waals surface area contributed by atoms with Crippen molar-refractivity contribution in [3.05, 3.63) is 94.0 Å². The average molecular weight is 485 g/mol. The number of hydrogen-bond acceptors (Lipinski definition) is 3. The number of nitrogens with one attached hydrogen (secondary N) is 1. The van der Waals surface area contributed by atoms with Gasteiger partial charge in [-0.15, -0.1) is 0 Å². The average Bonchev–Trinajstić information content (AvgIpc) is 2.83. The molecule has 0 heterocycles. The molecule has 0 aromatic heterocycles. The molecule has 2 amide bonds. The number of carbonyl (C=O) groups is 2. The number of nitrogens with zero attached hydrogens (tertiary/aromatic N) is 1. The van der Waals surface area contributed by atoms with Crippen molar-refractivity contribution in [2.45, 2.75) is 19.3 Å². The molecule has 0 bridgehead atoms. The normalized spacial score (nSPS) is 10.5. The maximum atomic E-state index is 12.8. The molecule has 0 saturated carbocycles. The van der Waals surface area contributed by atoms with Crippen LogP contribution in [-0.2, 0) is 11.2 Å². The number of halogens is 2. The highest BCUT2D eigenvalue weighted by atomic mass is 35.5. The molecular formula is C26H26Cl2N2O3. The van der Waals surface area contributed by atoms with E-state index in [1.54, 1.807) is 43.4 Å². The molecule has 1 N–H and O–H groups in total. The molecule has 7 heteroatoms. The van der Waals surface area contributed by atoms with Crippen LogP contribution in [0.1, 0.15) is 28.8 Å². The second-order valence-electron chi connectivity index (χ2n) is 7.49. The van der Waals surface area contributed by atoms with Crippen molar-refractivity contribution in [2.24, 2.45) is 0 Å². The third-order valence-electron chi connectivity index (χ3n) is 5.11. The highest BCUT2D eigenvalue weighted by Gasteiger charge is 2.18. The third kappa shape index (κ3) is 7.24. The Bertz CT molecular complexity index is 1090. The summed E-state index contributed by atoms with van der Waals surface area (Å²) in [5.41, 5.74) is 2.19. The van der Waals surface area contributed by atoms with Gasteiger partial charge in [-0.25, -0.2) is 0 Å². The van der Waals surface area contributed by atoms with E-state index >= 15 is 0 Å². The number of anilines is 1. The smallest absolute Gasteiger partial charge is 0.253 e. The topological polar surface area (TPSA) is 58.6 Å². The summed E-state index contributed by atoms with van der Waals surface area (Å²) in [7, 11) is 1.68. The number of hydrogen-bond donors (Lipinski definition) is 1. The SMILES string of the molecule is CN(C(=O)CCCOc1ccc(Cl)cc1Cl)c1ccccc1C(=O)NCCc1ccccc1. The highest BCUT2D eigenvalue weighted by molar-refractivity contribution is 6.35. The van der Waals surface area contributed by atoms with Gasteiger partial charge in [-0.2, -0.15) is 0 Å². The lowest BCUT2D eigenvalue weighted by molar-refractivity contribution is -0.118. The Kier molecular flexibility index (Phi) is 9.16. The summed E-state index contributed by atoms with van der Waals surface area (Å²) in [5, 5.41) is 3.91. The van der Waals surface area contributed by atoms with Crippen molar-refractivity contribution < 1.29 is 14.3 Å². The fourth-order valence-electron chi connectivity index (χ4n) is 3.32. The first kappa shape index (κ1) is 24.6. The van der Waals surface area contributed by atoms with Crippen molar-refractivity contribution in [3.63, 3.8) is 0 Å². The summed E-state index contributed by atoms with van der Waals surface area (Å²) >= 11 is 12.0. The Morgan fingerprint density at radius 3 is 2.45 bits per heavy atom. The zero-order valence-electron chi connectivity index (χ0n) is 18.4. The maximum absolute atomic E-state index is 12.8. The molecule has 0 spiro atoms. The summed E-state index contributed by atoms with van der Waals surface area (Å²) in [5.74, 6) is 0.214. The molecule has 3 aromatic rings. The van der Waals surface area contributed by atoms with Gasteiger partial charge < -0.3 is 15.0 Å². The van der Waals surface area contributed by atoms with Crippen LogP contribution in [0.5, 0.6) is 5.75 Å². The van der Waals surface area contributed by atoms with Crippen molar-refractivity contribution in [1.29, 1.82) is 0 Å². The van der Waals surface area contributed by atoms with Gasteiger partial charge in [0.2, 0.25) is 5.91 Å². The van der Waals surface area contributed by atoms with Crippen LogP contribution in [0.4, 0.5) is 5.69 Å². The molecular weight excluding hydrogens is 459 g/mol. The van der Waals surface area contributed by atoms with Crippen LogP contribution in [0.25, 0.3) is 0 Å². The Morgan fingerprint density at radius 2 is 1.70 bits per heavy atom. The van der Waals surface area contributed by atoms with Crippen LogP contribution in [0.3, 0.4) is 0 Å². The van der Waals surface area contributed by atoms with Gasteiger partial charge in [0.05, 0.1) is 22.9 Å². The Labute approximate surface area is 204 Å². The van der Waals surface area contributed by atoms with E-state index in [1.807, 2.05) is 36.4 Å². The van der Waals surface area contributed by atoms with Crippen LogP contribution in [0.2, 0.25) is 10.0 Å². The molecule has 5 nitrogen and oxygen atoms in total. The predicted molar refractivity (Wildman–Crippen MR) is 134 cm³/mol. The second-order valence-corrected chi connectivity index (χ2v) is 8.33. The molecule has 0 atom stereocenters. The monoisotopic (exact) mass is 484 g/mol. The van der Waals surface area contributed by atoms with Gasteiger partial charge in [0.15, 0.2) is 0 Å². The van der Waals surface area contributed by atoms with E-state index in [0.717, 1.165) is 12.0 Å². The van der Waals surface area contributed by atoms with Gasteiger partial charge in [-0.1, -0.05) is 65.7 Å². The van der Waals surface area contributed by atoms with Gasteiger partial charge >= 0.3 is 0 Å². The Hall–Kier alpha value is -3.02. The van der Waals surface area contributed by atoms with Crippen LogP contribution in [0.15, 0.2) is 72.8 Å². The molecule has 33 heavy (non-hydrogen) atoms. The molecule has 0 fully saturated rings. The molecule has 3 rings (SSSR count). The van der Waals surface area contributed by atoms with E-state index in [0.29, 0.717) is 46.6 Å². The summed E-state index contributed by atoms with van der Waals surface area (Å²) in [6.07, 6.45) is 1.51. The van der Waals surface area contributed by atoms with Crippen LogP contribution < -0.4 is 15.0 Å². The number of carbonyl (C=O) groups excluding carboxylic acids is 2. The third-order valence-corrected chi connectivity index (χ3v) is 5.64. The molecule has 0 aliphatic heterocycles. The maximum Gasteiger partial charge on any atom is 0.253 e. The molecule has 172 valence electrons. The lowest BCUT2D eigenvalue weighted by atomic mass is 10.1. The van der Waals surface area contributed by atoms with Crippen LogP contribution >= 0.6 is 23.2 Å². The van der Waals surface area contributed by atoms with E-state index < -0.39 is 0 Å². The quantitative estimate of drug-likeness (QED) is 0.370. The molecule has 0 unspecified atom stereocenters. The minimum absolute atomic E-state index is 0.106. The van der Waals surface area contributed by atoms with E-state index in [2.05, 4.69) is 5.32 Å². The Balaban J connectivity index is 1.51. The van der Waals surface area contributed by atoms with Gasteiger partial charge in [0.1, 0.15) is 5.75 Å². The molecule has 0 aliphatic rings. The minimum Gasteiger partial charge on any atom is -0.492 e. The molecule has 3 aromatic carbocycles. The molecule has 0 radical (unpaired) electrons. The van der Waals surface area contributed by atoms with E-state index in [4.69, 9.17) is 27.9 Å². The number of ether oxygens (including phenoxy) is 1. The lowest BCUT2D eigenvalue weighted by Crippen LogP contribution is -2.31. The number of amides is 2. The zero-order valence-corrected chi connectivity index (χ0v) is 19.9. The zero-order chi connectivity index (χ0) is 23.6. The first-order chi connectivity index (χ1) is 16.0. The van der Waals surface area contributed by atoms with Gasteiger partial charge in [0, 0.05) is 25.0 Å². The van der Waals surface area contributed by atoms with Crippen molar-refractivity contribution in [2.75, 3.05) is 25.1 Å². The molecule has 0 aliphatic carbocycles. The van der Waals surface area contributed by atoms with Crippen LogP contribution in [0, 0.1) is 0 Å². The van der Waals surface area contributed by atoms with E-state index in [1.165, 1.54) is 4.90 Å². The summed E-state index contributed by atoms with van der Waals surface area (Å²) in [4.78, 5) is 27.0. The molecule has 0 saturated heterocycles. The predicted octanol–water partition coefficient (Wildman–Crippen LogP) is 5.79. The van der Waals surface area contributed by atoms with Crippen molar-refractivity contribution >= 4 is 40.7 Å². The van der Waals surface area contributed by atoms with E-state index in [9.17, 15) is 9.59 Å². The van der Waals surface area contributed by atoms with Crippen molar-refractivity contribution in [3.8, 4) is 5.75 Å². The number of rotatable bonds is 10. The second kappa shape index (κ2) is 12.3. The standard InChI is InChI=1S/C26H26Cl2N2O3/c1-30(25(31)12-7-17-33-24-14-13-20(27)18-22(24)28)23-11-6-5-10-21(23)26(32)29-16-15-19-8-3-2-4-9-19/h2-6,8-11,13-14,18H,7,12,15-17H2,1H3,(H,29,32). The lowest BCUT2D eigenvalue weighted by Gasteiger charge is -2.20. The van der Waals surface area contributed by atoms with E-state index in [-0.39, 0.29) is 18.2 Å². The van der Waals surface area contributed by atoms with Gasteiger partial charge in [-0.3, -0.25) is 9.59 Å². The van der Waals surface area contributed by atoms with Crippen molar-refractivity contribution in [1.82, 2.24) is 5.32 Å². The Morgan fingerprint density at radius 1 is 0.970 bits per heavy atom. The summed E-state index contributed by atoms with van der Waals surface area (Å²) in [6, 6.07) is 22.1. The summed E-state index contributed by atoms with van der Waals surface area (Å²) in [6.45, 7) is 0.849. The number of benzene rings is 3. The summed E-state index contributed by atoms with van der Waals surface area (Å²) < 4.78 is 5.64. The largest absolute Gasteiger partial charge is 0.492 e. The fraction of sp³-hybridized carbons (Fsp3) is 0.231. The first-order valence-corrected chi connectivity index (χ1v) is 11.5.